The summed E-state index contributed by atoms with van der Waals surface area (Å²) in [5.41, 5.74) is 5.12. The third-order valence-electron chi connectivity index (χ3n) is 4.83. The van der Waals surface area contributed by atoms with E-state index in [9.17, 15) is 4.79 Å². The molecule has 1 amide bonds. The summed E-state index contributed by atoms with van der Waals surface area (Å²) < 4.78 is 10.9. The van der Waals surface area contributed by atoms with Crippen LogP contribution in [0.2, 0.25) is 0 Å². The Hall–Kier alpha value is -2.73. The third-order valence-corrected chi connectivity index (χ3v) is 5.84. The van der Waals surface area contributed by atoms with Gasteiger partial charge in [0.15, 0.2) is 16.7 Å². The molecule has 0 radical (unpaired) electrons. The van der Waals surface area contributed by atoms with E-state index in [2.05, 4.69) is 12.1 Å². The standard InChI is InChI=1S/C22H22N2O3S/c1-5-24-21(25)20(11-16-10-19-18(9-15(16)4)26-12-27-19)28-22(24)23-17-8-13(2)6-7-14(17)3/h6-11H,5,12H2,1-4H3. The molecule has 0 unspecified atom stereocenters. The number of nitrogens with zero attached hydrogens (tertiary/aromatic N) is 2. The van der Waals surface area contributed by atoms with Gasteiger partial charge in [-0.2, -0.15) is 0 Å². The summed E-state index contributed by atoms with van der Waals surface area (Å²) in [6.07, 6.45) is 1.92. The molecule has 28 heavy (non-hydrogen) atoms. The van der Waals surface area contributed by atoms with Crippen molar-refractivity contribution in [2.75, 3.05) is 13.3 Å². The van der Waals surface area contributed by atoms with Crippen LogP contribution in [-0.2, 0) is 4.79 Å². The van der Waals surface area contributed by atoms with Crippen LogP contribution in [0.5, 0.6) is 11.5 Å². The SMILES string of the molecule is CCN1C(=O)C(=Cc2cc3c(cc2C)OCO3)SC1=Nc1cc(C)ccc1C. The molecule has 0 bridgehead atoms. The highest BCUT2D eigenvalue weighted by Gasteiger charge is 2.32. The molecule has 0 saturated carbocycles. The Kier molecular flexibility index (Phi) is 4.89. The maximum Gasteiger partial charge on any atom is 0.266 e. The third kappa shape index (κ3) is 3.40. The van der Waals surface area contributed by atoms with Crippen LogP contribution in [0, 0.1) is 20.8 Å². The number of likely N-dealkylation sites (N-methyl/N-ethyl adjacent to an activating group) is 1. The van der Waals surface area contributed by atoms with Crippen LogP contribution in [0.4, 0.5) is 5.69 Å². The number of ether oxygens (including phenoxy) is 2. The molecule has 1 fully saturated rings. The van der Waals surface area contributed by atoms with Crippen LogP contribution < -0.4 is 9.47 Å². The topological polar surface area (TPSA) is 51.1 Å². The number of fused-ring (bicyclic) bond motifs is 1. The summed E-state index contributed by atoms with van der Waals surface area (Å²) >= 11 is 1.41. The summed E-state index contributed by atoms with van der Waals surface area (Å²) in [6, 6.07) is 10.0. The Morgan fingerprint density at radius 1 is 1.11 bits per heavy atom. The van der Waals surface area contributed by atoms with Gasteiger partial charge in [-0.25, -0.2) is 4.99 Å². The number of hydrogen-bond acceptors (Lipinski definition) is 5. The molecular weight excluding hydrogens is 372 g/mol. The number of hydrogen-bond donors (Lipinski definition) is 0. The second-order valence-electron chi connectivity index (χ2n) is 6.91. The van der Waals surface area contributed by atoms with Gasteiger partial charge in [0.2, 0.25) is 6.79 Å². The molecular formula is C22H22N2O3S. The van der Waals surface area contributed by atoms with Gasteiger partial charge in [0.05, 0.1) is 10.6 Å². The summed E-state index contributed by atoms with van der Waals surface area (Å²) in [6.45, 7) is 8.85. The Bertz CT molecular complexity index is 1030. The second-order valence-corrected chi connectivity index (χ2v) is 7.92. The average molecular weight is 394 g/mol. The molecule has 5 nitrogen and oxygen atoms in total. The zero-order chi connectivity index (χ0) is 19.8. The number of aliphatic imine (C=N–C) groups is 1. The van der Waals surface area contributed by atoms with Crippen molar-refractivity contribution in [3.8, 4) is 11.5 Å². The van der Waals surface area contributed by atoms with Crippen LogP contribution in [0.25, 0.3) is 6.08 Å². The number of carbonyl (C=O) groups is 1. The van der Waals surface area contributed by atoms with Gasteiger partial charge in [-0.15, -0.1) is 0 Å². The van der Waals surface area contributed by atoms with E-state index in [0.717, 1.165) is 33.7 Å². The Balaban J connectivity index is 1.71. The summed E-state index contributed by atoms with van der Waals surface area (Å²) in [5, 5.41) is 0.714. The zero-order valence-corrected chi connectivity index (χ0v) is 17.2. The average Bonchev–Trinajstić information content (AvgIpc) is 3.22. The molecule has 144 valence electrons. The Labute approximate surface area is 169 Å². The van der Waals surface area contributed by atoms with Crippen molar-refractivity contribution in [2.45, 2.75) is 27.7 Å². The lowest BCUT2D eigenvalue weighted by Crippen LogP contribution is -2.28. The molecule has 0 spiro atoms. The van der Waals surface area contributed by atoms with Crippen LogP contribution in [0.15, 0.2) is 40.2 Å². The van der Waals surface area contributed by atoms with Crippen molar-refractivity contribution in [1.29, 1.82) is 0 Å². The van der Waals surface area contributed by atoms with E-state index in [1.54, 1.807) is 4.90 Å². The lowest BCUT2D eigenvalue weighted by molar-refractivity contribution is -0.122. The molecule has 2 aliphatic rings. The first-order valence-electron chi connectivity index (χ1n) is 9.24. The fourth-order valence-electron chi connectivity index (χ4n) is 3.17. The zero-order valence-electron chi connectivity index (χ0n) is 16.4. The maximum absolute atomic E-state index is 12.9. The van der Waals surface area contributed by atoms with Crippen molar-refractivity contribution in [3.63, 3.8) is 0 Å². The molecule has 0 aromatic heterocycles. The number of amides is 1. The van der Waals surface area contributed by atoms with Crippen LogP contribution in [-0.4, -0.2) is 29.3 Å². The Morgan fingerprint density at radius 2 is 1.86 bits per heavy atom. The molecule has 1 saturated heterocycles. The number of aryl methyl sites for hydroxylation is 3. The normalized spacial score (nSPS) is 18.6. The maximum atomic E-state index is 12.9. The van der Waals surface area contributed by atoms with E-state index in [-0.39, 0.29) is 12.7 Å². The molecule has 6 heteroatoms. The molecule has 2 aliphatic heterocycles. The first-order chi connectivity index (χ1) is 13.5. The summed E-state index contributed by atoms with van der Waals surface area (Å²) in [7, 11) is 0. The predicted molar refractivity (Wildman–Crippen MR) is 113 cm³/mol. The van der Waals surface area contributed by atoms with Gasteiger partial charge < -0.3 is 9.47 Å². The van der Waals surface area contributed by atoms with Gasteiger partial charge in [0.1, 0.15) is 0 Å². The molecule has 2 heterocycles. The van der Waals surface area contributed by atoms with E-state index >= 15 is 0 Å². The van der Waals surface area contributed by atoms with E-state index in [1.807, 2.05) is 52.0 Å². The van der Waals surface area contributed by atoms with Gasteiger partial charge in [-0.05, 0) is 86.0 Å². The quantitative estimate of drug-likeness (QED) is 0.690. The number of amidine groups is 1. The van der Waals surface area contributed by atoms with E-state index in [4.69, 9.17) is 14.5 Å². The van der Waals surface area contributed by atoms with E-state index < -0.39 is 0 Å². The van der Waals surface area contributed by atoms with Crippen molar-refractivity contribution in [1.82, 2.24) is 4.90 Å². The predicted octanol–water partition coefficient (Wildman–Crippen LogP) is 4.96. The van der Waals surface area contributed by atoms with Crippen molar-refractivity contribution in [3.05, 3.63) is 57.5 Å². The monoisotopic (exact) mass is 394 g/mol. The summed E-state index contributed by atoms with van der Waals surface area (Å²) in [4.78, 5) is 20.1. The lowest BCUT2D eigenvalue weighted by atomic mass is 10.1. The molecule has 0 N–H and O–H groups in total. The van der Waals surface area contributed by atoms with Crippen molar-refractivity contribution < 1.29 is 14.3 Å². The smallest absolute Gasteiger partial charge is 0.266 e. The number of benzene rings is 2. The minimum Gasteiger partial charge on any atom is -0.454 e. The minimum absolute atomic E-state index is 0.0198. The Morgan fingerprint density at radius 3 is 2.61 bits per heavy atom. The highest BCUT2D eigenvalue weighted by Crippen LogP contribution is 2.38. The highest BCUT2D eigenvalue weighted by molar-refractivity contribution is 8.18. The van der Waals surface area contributed by atoms with Crippen LogP contribution in [0.3, 0.4) is 0 Å². The van der Waals surface area contributed by atoms with E-state index in [0.29, 0.717) is 22.4 Å². The van der Waals surface area contributed by atoms with Gasteiger partial charge in [-0.3, -0.25) is 9.69 Å². The first-order valence-corrected chi connectivity index (χ1v) is 10.1. The summed E-state index contributed by atoms with van der Waals surface area (Å²) in [5.74, 6) is 1.44. The van der Waals surface area contributed by atoms with Gasteiger partial charge in [0, 0.05) is 6.54 Å². The minimum atomic E-state index is -0.0198. The lowest BCUT2D eigenvalue weighted by Gasteiger charge is -2.12. The van der Waals surface area contributed by atoms with Gasteiger partial charge in [0.25, 0.3) is 5.91 Å². The molecule has 2 aromatic carbocycles. The van der Waals surface area contributed by atoms with Gasteiger partial charge >= 0.3 is 0 Å². The molecule has 0 aliphatic carbocycles. The van der Waals surface area contributed by atoms with Crippen molar-refractivity contribution >= 4 is 34.6 Å². The number of carbonyl (C=O) groups excluding carboxylic acids is 1. The van der Waals surface area contributed by atoms with Gasteiger partial charge in [-0.1, -0.05) is 12.1 Å². The fourth-order valence-corrected chi connectivity index (χ4v) is 4.22. The number of rotatable bonds is 3. The largest absolute Gasteiger partial charge is 0.454 e. The van der Waals surface area contributed by atoms with Crippen LogP contribution >= 0.6 is 11.8 Å². The fraction of sp³-hybridized carbons (Fsp3) is 0.273. The molecule has 4 rings (SSSR count). The van der Waals surface area contributed by atoms with Crippen molar-refractivity contribution in [2.24, 2.45) is 4.99 Å². The molecule has 2 aromatic rings. The highest BCUT2D eigenvalue weighted by atomic mass is 32.2. The second kappa shape index (κ2) is 7.36. The number of thioether (sulfide) groups is 1. The van der Waals surface area contributed by atoms with E-state index in [1.165, 1.54) is 11.8 Å². The first kappa shape index (κ1) is 18.6. The van der Waals surface area contributed by atoms with Crippen LogP contribution in [0.1, 0.15) is 29.2 Å². The molecule has 0 atom stereocenters.